The Labute approximate surface area is 70.8 Å². The second-order valence-electron chi connectivity index (χ2n) is 3.12. The number of halogens is 1. The fourth-order valence-corrected chi connectivity index (χ4v) is 0.951. The number of nitrogens with two attached hydrogens (primary N) is 1. The number of hydrogen-bond acceptors (Lipinski definition) is 3. The third-order valence-electron chi connectivity index (χ3n) is 1.49. The zero-order chi connectivity index (χ0) is 9.14. The molecule has 0 saturated heterocycles. The third kappa shape index (κ3) is 1.90. The lowest BCUT2D eigenvalue weighted by Crippen LogP contribution is -2.05. The summed E-state index contributed by atoms with van der Waals surface area (Å²) in [5, 5.41) is 0. The summed E-state index contributed by atoms with van der Waals surface area (Å²) in [5.41, 5.74) is 5.67. The smallest absolute Gasteiger partial charge is 0.186 e. The van der Waals surface area contributed by atoms with Crippen LogP contribution in [0.3, 0.4) is 0 Å². The van der Waals surface area contributed by atoms with Gasteiger partial charge in [-0.05, 0) is 12.3 Å². The van der Waals surface area contributed by atoms with E-state index in [1.165, 1.54) is 6.33 Å². The number of nitrogen functional groups attached to an aromatic ring is 1. The molecule has 0 spiro atoms. The van der Waals surface area contributed by atoms with Gasteiger partial charge in [0.05, 0.1) is 5.69 Å². The molecule has 3 nitrogen and oxygen atoms in total. The van der Waals surface area contributed by atoms with Crippen LogP contribution in [0.1, 0.15) is 19.5 Å². The largest absolute Gasteiger partial charge is 0.381 e. The van der Waals surface area contributed by atoms with E-state index in [2.05, 4.69) is 9.97 Å². The number of rotatable bonds is 2. The van der Waals surface area contributed by atoms with Crippen molar-refractivity contribution >= 4 is 5.82 Å². The zero-order valence-electron chi connectivity index (χ0n) is 7.21. The molecule has 1 heterocycles. The Balaban J connectivity index is 2.92. The SMILES string of the molecule is CC(C)Cc1ncnc(N)c1F. The van der Waals surface area contributed by atoms with Crippen molar-refractivity contribution < 1.29 is 4.39 Å². The van der Waals surface area contributed by atoms with Crippen LogP contribution in [0, 0.1) is 11.7 Å². The van der Waals surface area contributed by atoms with Gasteiger partial charge in [-0.1, -0.05) is 13.8 Å². The summed E-state index contributed by atoms with van der Waals surface area (Å²) in [5.74, 6) is -0.180. The number of nitrogens with zero attached hydrogens (tertiary/aromatic N) is 2. The van der Waals surface area contributed by atoms with E-state index in [1.54, 1.807) is 0 Å². The fraction of sp³-hybridized carbons (Fsp3) is 0.500. The van der Waals surface area contributed by atoms with E-state index in [9.17, 15) is 4.39 Å². The average molecular weight is 169 g/mol. The number of hydrogen-bond donors (Lipinski definition) is 1. The van der Waals surface area contributed by atoms with Gasteiger partial charge in [-0.3, -0.25) is 0 Å². The molecule has 0 aliphatic heterocycles. The van der Waals surface area contributed by atoms with Crippen LogP contribution in [-0.2, 0) is 6.42 Å². The highest BCUT2D eigenvalue weighted by atomic mass is 19.1. The van der Waals surface area contributed by atoms with Gasteiger partial charge in [-0.15, -0.1) is 0 Å². The van der Waals surface area contributed by atoms with Gasteiger partial charge in [0.15, 0.2) is 11.6 Å². The summed E-state index contributed by atoms with van der Waals surface area (Å²) in [7, 11) is 0. The lowest BCUT2D eigenvalue weighted by atomic mass is 10.1. The summed E-state index contributed by atoms with van der Waals surface area (Å²) >= 11 is 0. The maximum Gasteiger partial charge on any atom is 0.186 e. The number of aromatic nitrogens is 2. The molecule has 0 aromatic carbocycles. The molecule has 0 fully saturated rings. The minimum absolute atomic E-state index is 0.0688. The van der Waals surface area contributed by atoms with Crippen LogP contribution in [0.2, 0.25) is 0 Å². The van der Waals surface area contributed by atoms with Gasteiger partial charge in [0, 0.05) is 0 Å². The van der Waals surface area contributed by atoms with Gasteiger partial charge in [0.1, 0.15) is 6.33 Å². The van der Waals surface area contributed by atoms with Crippen molar-refractivity contribution in [2.75, 3.05) is 5.73 Å². The lowest BCUT2D eigenvalue weighted by Gasteiger charge is -2.05. The minimum Gasteiger partial charge on any atom is -0.381 e. The molecule has 0 saturated carbocycles. The first-order chi connectivity index (χ1) is 5.61. The molecule has 0 aliphatic carbocycles. The van der Waals surface area contributed by atoms with Gasteiger partial charge >= 0.3 is 0 Å². The summed E-state index contributed by atoms with van der Waals surface area (Å²) in [4.78, 5) is 7.35. The van der Waals surface area contributed by atoms with Gasteiger partial charge in [0.25, 0.3) is 0 Å². The monoisotopic (exact) mass is 169 g/mol. The topological polar surface area (TPSA) is 51.8 Å². The molecule has 2 N–H and O–H groups in total. The number of anilines is 1. The van der Waals surface area contributed by atoms with Crippen LogP contribution in [0.15, 0.2) is 6.33 Å². The van der Waals surface area contributed by atoms with Crippen molar-refractivity contribution in [3.63, 3.8) is 0 Å². The molecular weight excluding hydrogens is 157 g/mol. The molecule has 1 rings (SSSR count). The molecule has 0 unspecified atom stereocenters. The van der Waals surface area contributed by atoms with E-state index in [-0.39, 0.29) is 5.82 Å². The summed E-state index contributed by atoms with van der Waals surface area (Å²) in [6, 6.07) is 0. The first-order valence-electron chi connectivity index (χ1n) is 3.86. The Morgan fingerprint density at radius 3 is 2.75 bits per heavy atom. The normalized spacial score (nSPS) is 10.7. The van der Waals surface area contributed by atoms with Crippen molar-refractivity contribution in [2.24, 2.45) is 5.92 Å². The molecule has 0 bridgehead atoms. The predicted molar refractivity (Wildman–Crippen MR) is 44.9 cm³/mol. The Kier molecular flexibility index (Phi) is 2.58. The van der Waals surface area contributed by atoms with Crippen LogP contribution in [0.4, 0.5) is 10.2 Å². The maximum absolute atomic E-state index is 13.1. The van der Waals surface area contributed by atoms with Crippen LogP contribution in [0.5, 0.6) is 0 Å². The zero-order valence-corrected chi connectivity index (χ0v) is 7.21. The van der Waals surface area contributed by atoms with Crippen molar-refractivity contribution in [1.82, 2.24) is 9.97 Å². The molecule has 0 atom stereocenters. The fourth-order valence-electron chi connectivity index (χ4n) is 0.951. The summed E-state index contributed by atoms with van der Waals surface area (Å²) < 4.78 is 13.1. The van der Waals surface area contributed by atoms with Crippen molar-refractivity contribution in [2.45, 2.75) is 20.3 Å². The Morgan fingerprint density at radius 1 is 1.50 bits per heavy atom. The molecule has 0 radical (unpaired) electrons. The van der Waals surface area contributed by atoms with Crippen LogP contribution < -0.4 is 5.73 Å². The minimum atomic E-state index is -0.480. The van der Waals surface area contributed by atoms with Crippen LogP contribution in [-0.4, -0.2) is 9.97 Å². The van der Waals surface area contributed by atoms with E-state index in [1.807, 2.05) is 13.8 Å². The second-order valence-corrected chi connectivity index (χ2v) is 3.12. The Hall–Kier alpha value is -1.19. The van der Waals surface area contributed by atoms with E-state index in [4.69, 9.17) is 5.73 Å². The van der Waals surface area contributed by atoms with E-state index >= 15 is 0 Å². The molecule has 66 valence electrons. The summed E-state index contributed by atoms with van der Waals surface area (Å²) in [6.07, 6.45) is 1.88. The van der Waals surface area contributed by atoms with Crippen molar-refractivity contribution in [3.05, 3.63) is 17.8 Å². The van der Waals surface area contributed by atoms with Gasteiger partial charge in [-0.25, -0.2) is 14.4 Å². The highest BCUT2D eigenvalue weighted by Gasteiger charge is 2.09. The first-order valence-corrected chi connectivity index (χ1v) is 3.86. The van der Waals surface area contributed by atoms with Crippen molar-refractivity contribution in [1.29, 1.82) is 0 Å². The molecule has 12 heavy (non-hydrogen) atoms. The van der Waals surface area contributed by atoms with E-state index in [0.717, 1.165) is 0 Å². The Bertz CT molecular complexity index is 273. The highest BCUT2D eigenvalue weighted by molar-refractivity contribution is 5.30. The molecule has 0 amide bonds. The van der Waals surface area contributed by atoms with Crippen molar-refractivity contribution in [3.8, 4) is 0 Å². The standard InChI is InChI=1S/C8H12FN3/c1-5(2)3-6-7(9)8(10)12-4-11-6/h4-5H,3H2,1-2H3,(H2,10,11,12). The third-order valence-corrected chi connectivity index (χ3v) is 1.49. The molecule has 4 heteroatoms. The second kappa shape index (κ2) is 3.47. The van der Waals surface area contributed by atoms with E-state index in [0.29, 0.717) is 18.0 Å². The Morgan fingerprint density at radius 2 is 2.17 bits per heavy atom. The quantitative estimate of drug-likeness (QED) is 0.728. The maximum atomic E-state index is 13.1. The molecule has 1 aromatic heterocycles. The van der Waals surface area contributed by atoms with Gasteiger partial charge < -0.3 is 5.73 Å². The lowest BCUT2D eigenvalue weighted by molar-refractivity contribution is 0.558. The van der Waals surface area contributed by atoms with Gasteiger partial charge in [-0.2, -0.15) is 0 Å². The average Bonchev–Trinajstić information content (AvgIpc) is 1.98. The van der Waals surface area contributed by atoms with E-state index < -0.39 is 5.82 Å². The molecule has 0 aliphatic rings. The van der Waals surface area contributed by atoms with Crippen LogP contribution in [0.25, 0.3) is 0 Å². The predicted octanol–water partition coefficient (Wildman–Crippen LogP) is 1.40. The first kappa shape index (κ1) is 8.90. The highest BCUT2D eigenvalue weighted by Crippen LogP contribution is 2.12. The molecular formula is C8H12FN3. The molecule has 1 aromatic rings. The summed E-state index contributed by atoms with van der Waals surface area (Å²) in [6.45, 7) is 4.00. The van der Waals surface area contributed by atoms with Crippen LogP contribution >= 0.6 is 0 Å². The van der Waals surface area contributed by atoms with Gasteiger partial charge in [0.2, 0.25) is 0 Å².